The highest BCUT2D eigenvalue weighted by Gasteiger charge is 2.40. The molecule has 4 aromatic rings. The van der Waals surface area contributed by atoms with Crippen LogP contribution in [0, 0.1) is 5.82 Å². The molecule has 2 atom stereocenters. The highest BCUT2D eigenvalue weighted by atomic mass is 35.5. The maximum Gasteiger partial charge on any atom is 0.348 e. The molecule has 7 nitrogen and oxygen atoms in total. The number of halogens is 2. The lowest BCUT2D eigenvalue weighted by Gasteiger charge is -2.29. The zero-order valence-electron chi connectivity index (χ0n) is 24.2. The Bertz CT molecular complexity index is 1750. The number of fused-ring (bicyclic) bond motifs is 2. The van der Waals surface area contributed by atoms with E-state index in [-0.39, 0.29) is 17.9 Å². The topological polar surface area (TPSA) is 65.8 Å². The minimum absolute atomic E-state index is 0.171. The summed E-state index contributed by atoms with van der Waals surface area (Å²) in [6.07, 6.45) is 4.96. The normalized spacial score (nSPS) is 21.8. The van der Waals surface area contributed by atoms with Crippen LogP contribution in [0.2, 0.25) is 5.02 Å². The molecule has 43 heavy (non-hydrogen) atoms. The Morgan fingerprint density at radius 3 is 2.86 bits per heavy atom. The monoisotopic (exact) mass is 621 g/mol. The average molecular weight is 622 g/mol. The Labute approximate surface area is 258 Å². The summed E-state index contributed by atoms with van der Waals surface area (Å²) in [5.74, 6) is 1.14. The van der Waals surface area contributed by atoms with Gasteiger partial charge < -0.3 is 18.8 Å². The van der Waals surface area contributed by atoms with Gasteiger partial charge in [0, 0.05) is 42.3 Å². The van der Waals surface area contributed by atoms with Crippen LogP contribution < -0.4 is 4.74 Å². The van der Waals surface area contributed by atoms with E-state index in [9.17, 15) is 9.18 Å². The van der Waals surface area contributed by atoms with Gasteiger partial charge in [-0.1, -0.05) is 35.9 Å². The molecule has 0 bridgehead atoms. The number of carbonyl (C=O) groups excluding carboxylic acids is 1. The third-order valence-corrected chi connectivity index (χ3v) is 9.90. The van der Waals surface area contributed by atoms with Gasteiger partial charge in [-0.15, -0.1) is 11.3 Å². The van der Waals surface area contributed by atoms with E-state index in [0.29, 0.717) is 35.0 Å². The zero-order chi connectivity index (χ0) is 29.7. The SMILES string of the molecule is CCOC(=O)c1cc2c(nc(CN3CC=C(c4cccc5c4C[C@@](C)(c4ccc(Cl)cc4F)O5)CC3)n2C[C@@H]2CCO2)s1. The fourth-order valence-corrected chi connectivity index (χ4v) is 7.45. The van der Waals surface area contributed by atoms with Gasteiger partial charge in [0.25, 0.3) is 0 Å². The lowest BCUT2D eigenvalue weighted by molar-refractivity contribution is -0.0591. The van der Waals surface area contributed by atoms with E-state index in [1.54, 1.807) is 12.1 Å². The van der Waals surface area contributed by atoms with Crippen LogP contribution in [0.1, 0.15) is 58.9 Å². The first-order valence-corrected chi connectivity index (χ1v) is 16.0. The summed E-state index contributed by atoms with van der Waals surface area (Å²) in [6, 6.07) is 12.8. The molecule has 0 unspecified atom stereocenters. The number of hydrogen-bond donors (Lipinski definition) is 0. The van der Waals surface area contributed by atoms with Crippen molar-refractivity contribution in [2.75, 3.05) is 26.3 Å². The summed E-state index contributed by atoms with van der Waals surface area (Å²) in [4.78, 5) is 21.1. The smallest absolute Gasteiger partial charge is 0.348 e. The molecular weight excluding hydrogens is 589 g/mol. The lowest BCUT2D eigenvalue weighted by Crippen LogP contribution is -2.33. The number of rotatable bonds is 8. The van der Waals surface area contributed by atoms with Crippen LogP contribution in [0.15, 0.2) is 48.5 Å². The Hall–Kier alpha value is -3.24. The minimum atomic E-state index is -0.796. The number of aromatic nitrogens is 2. The number of benzene rings is 2. The van der Waals surface area contributed by atoms with Gasteiger partial charge in [0.05, 0.1) is 31.3 Å². The molecule has 2 aromatic carbocycles. The molecule has 3 aliphatic heterocycles. The van der Waals surface area contributed by atoms with Crippen molar-refractivity contribution in [1.82, 2.24) is 14.5 Å². The second-order valence-electron chi connectivity index (χ2n) is 11.6. The van der Waals surface area contributed by atoms with E-state index in [1.165, 1.54) is 28.5 Å². The van der Waals surface area contributed by atoms with Crippen LogP contribution in [0.3, 0.4) is 0 Å². The quantitative estimate of drug-likeness (QED) is 0.198. The van der Waals surface area contributed by atoms with E-state index < -0.39 is 5.60 Å². The molecule has 1 saturated heterocycles. The Morgan fingerprint density at radius 2 is 2.14 bits per heavy atom. The summed E-state index contributed by atoms with van der Waals surface area (Å²) in [5, 5.41) is 0.373. The molecule has 0 saturated carbocycles. The summed E-state index contributed by atoms with van der Waals surface area (Å²) in [5.41, 5.74) is 4.25. The van der Waals surface area contributed by atoms with Gasteiger partial charge in [0.2, 0.25) is 0 Å². The largest absolute Gasteiger partial charge is 0.482 e. The lowest BCUT2D eigenvalue weighted by atomic mass is 9.86. The number of ether oxygens (including phenoxy) is 3. The van der Waals surface area contributed by atoms with Crippen molar-refractivity contribution in [2.45, 2.75) is 57.9 Å². The van der Waals surface area contributed by atoms with Gasteiger partial charge in [-0.25, -0.2) is 14.2 Å². The van der Waals surface area contributed by atoms with E-state index in [2.05, 4.69) is 21.6 Å². The Kier molecular flexibility index (Phi) is 7.53. The molecule has 10 heteroatoms. The maximum atomic E-state index is 14.9. The van der Waals surface area contributed by atoms with E-state index in [4.69, 9.17) is 30.8 Å². The van der Waals surface area contributed by atoms with Gasteiger partial charge in [0.1, 0.15) is 32.7 Å². The van der Waals surface area contributed by atoms with Crippen LogP contribution in [0.5, 0.6) is 5.75 Å². The highest BCUT2D eigenvalue weighted by molar-refractivity contribution is 7.20. The molecule has 1 fully saturated rings. The van der Waals surface area contributed by atoms with Gasteiger partial charge in [-0.3, -0.25) is 4.90 Å². The Balaban J connectivity index is 1.10. The Morgan fingerprint density at radius 1 is 1.28 bits per heavy atom. The first kappa shape index (κ1) is 28.5. The molecule has 0 amide bonds. The van der Waals surface area contributed by atoms with Crippen molar-refractivity contribution in [2.24, 2.45) is 0 Å². The second-order valence-corrected chi connectivity index (χ2v) is 13.0. The molecule has 0 spiro atoms. The predicted octanol–water partition coefficient (Wildman–Crippen LogP) is 7.00. The molecule has 224 valence electrons. The number of thiophene rings is 1. The number of nitrogens with zero attached hydrogens (tertiary/aromatic N) is 3. The van der Waals surface area contributed by atoms with Crippen molar-refractivity contribution in [3.63, 3.8) is 0 Å². The van der Waals surface area contributed by atoms with Crippen LogP contribution in [0.4, 0.5) is 4.39 Å². The molecule has 0 N–H and O–H groups in total. The predicted molar refractivity (Wildman–Crippen MR) is 165 cm³/mol. The summed E-state index contributed by atoms with van der Waals surface area (Å²) in [7, 11) is 0. The van der Waals surface area contributed by atoms with Crippen LogP contribution in [-0.4, -0.2) is 52.8 Å². The summed E-state index contributed by atoms with van der Waals surface area (Å²) >= 11 is 7.40. The van der Waals surface area contributed by atoms with Crippen molar-refractivity contribution in [1.29, 1.82) is 0 Å². The molecule has 0 aliphatic carbocycles. The van der Waals surface area contributed by atoms with Crippen LogP contribution >= 0.6 is 22.9 Å². The third-order valence-electron chi connectivity index (χ3n) is 8.67. The molecule has 0 radical (unpaired) electrons. The van der Waals surface area contributed by atoms with Crippen molar-refractivity contribution in [3.8, 4) is 5.75 Å². The highest BCUT2D eigenvalue weighted by Crippen LogP contribution is 2.45. The van der Waals surface area contributed by atoms with Gasteiger partial charge in [0.15, 0.2) is 0 Å². The van der Waals surface area contributed by atoms with E-state index in [0.717, 1.165) is 66.6 Å². The molecular formula is C33H33ClFN3O4S. The van der Waals surface area contributed by atoms with Crippen LogP contribution in [-0.2, 0) is 34.6 Å². The van der Waals surface area contributed by atoms with Crippen LogP contribution in [0.25, 0.3) is 15.9 Å². The fraction of sp³-hybridized carbons (Fsp3) is 0.394. The third kappa shape index (κ3) is 5.37. The van der Waals surface area contributed by atoms with Crippen molar-refractivity contribution >= 4 is 44.8 Å². The first-order valence-electron chi connectivity index (χ1n) is 14.8. The zero-order valence-corrected chi connectivity index (χ0v) is 25.8. The van der Waals surface area contributed by atoms with E-state index in [1.807, 2.05) is 32.0 Å². The molecule has 2 aromatic heterocycles. The summed E-state index contributed by atoms with van der Waals surface area (Å²) < 4.78 is 34.4. The maximum absolute atomic E-state index is 14.9. The average Bonchev–Trinajstić information content (AvgIpc) is 3.62. The number of imidazole rings is 1. The van der Waals surface area contributed by atoms with E-state index >= 15 is 0 Å². The second kappa shape index (κ2) is 11.4. The molecule has 5 heterocycles. The minimum Gasteiger partial charge on any atom is -0.482 e. The van der Waals surface area contributed by atoms with Gasteiger partial charge in [-0.05, 0) is 62.1 Å². The fourth-order valence-electron chi connectivity index (χ4n) is 6.35. The van der Waals surface area contributed by atoms with Gasteiger partial charge >= 0.3 is 5.97 Å². The standard InChI is InChI=1S/C33H33ClFN3O4S/c1-3-40-32(39)29-16-27-31(43-29)36-30(38(27)18-22-11-14-41-22)19-37-12-9-20(10-13-37)23-5-4-6-28-24(23)17-33(2,42-28)25-8-7-21(34)15-26(25)35/h4-9,15-16,22H,3,10-14,17-19H2,1-2H3/t22-,33-/m0/s1. The summed E-state index contributed by atoms with van der Waals surface area (Å²) in [6.45, 7) is 7.99. The van der Waals surface area contributed by atoms with Crippen molar-refractivity contribution < 1.29 is 23.4 Å². The molecule has 7 rings (SSSR count). The number of esters is 1. The number of carbonyl (C=O) groups is 1. The number of hydrogen-bond acceptors (Lipinski definition) is 7. The first-order chi connectivity index (χ1) is 20.8. The molecule has 3 aliphatic rings. The van der Waals surface area contributed by atoms with Crippen molar-refractivity contribution in [3.05, 3.63) is 86.8 Å². The van der Waals surface area contributed by atoms with Gasteiger partial charge in [-0.2, -0.15) is 0 Å².